The van der Waals surface area contributed by atoms with E-state index < -0.39 is 11.5 Å². The number of halogens is 1. The first-order chi connectivity index (χ1) is 15.7. The van der Waals surface area contributed by atoms with Crippen molar-refractivity contribution in [2.75, 3.05) is 24.5 Å². The number of amides is 2. The van der Waals surface area contributed by atoms with E-state index >= 15 is 4.39 Å². The average molecular weight is 462 g/mol. The van der Waals surface area contributed by atoms with E-state index in [1.54, 1.807) is 26.0 Å². The number of piperidine rings is 1. The number of hydrogen-bond donors (Lipinski definition) is 2. The topological polar surface area (TPSA) is 84.3 Å². The van der Waals surface area contributed by atoms with Crippen molar-refractivity contribution in [3.8, 4) is 0 Å². The minimum Gasteiger partial charge on any atom is -0.465 e. The summed E-state index contributed by atoms with van der Waals surface area (Å²) < 4.78 is 15.1. The number of nitrogens with zero attached hydrogens (tertiary/aromatic N) is 3. The molecule has 4 rings (SSSR count). The standard InChI is InChI=1S/C25H36FN3O4/c1-17(2)29(24(32)33)15-18-4-9-22(21(26)14-18)27-12-3-10-25(16-27)11-13-28(23(25)31)19-5-7-20(30)8-6-19/h4,9,14,17,19-20,30H,3,5-8,10-13,15-16H2,1-2H3,(H,32,33)/t19?,20?,25-/m0/s1. The minimum atomic E-state index is -1.02. The molecule has 1 aromatic rings. The second-order valence-electron chi connectivity index (χ2n) is 10.3. The molecule has 0 bridgehead atoms. The number of aliphatic hydroxyl groups excluding tert-OH is 1. The normalized spacial score (nSPS) is 28.1. The molecule has 2 N–H and O–H groups in total. The van der Waals surface area contributed by atoms with Gasteiger partial charge in [-0.25, -0.2) is 9.18 Å². The molecule has 0 radical (unpaired) electrons. The number of aliphatic hydroxyl groups is 1. The summed E-state index contributed by atoms with van der Waals surface area (Å²) in [4.78, 5) is 30.3. The van der Waals surface area contributed by atoms with Crippen molar-refractivity contribution < 1.29 is 24.2 Å². The van der Waals surface area contributed by atoms with Crippen LogP contribution in [0.1, 0.15) is 64.4 Å². The summed E-state index contributed by atoms with van der Waals surface area (Å²) in [5, 5.41) is 19.2. The van der Waals surface area contributed by atoms with Gasteiger partial charge in [-0.15, -0.1) is 0 Å². The summed E-state index contributed by atoms with van der Waals surface area (Å²) in [5.41, 5.74) is 0.634. The minimum absolute atomic E-state index is 0.137. The Hall–Kier alpha value is -2.35. The smallest absolute Gasteiger partial charge is 0.407 e. The maximum Gasteiger partial charge on any atom is 0.407 e. The summed E-state index contributed by atoms with van der Waals surface area (Å²) >= 11 is 0. The Morgan fingerprint density at radius 3 is 2.58 bits per heavy atom. The molecule has 2 saturated heterocycles. The van der Waals surface area contributed by atoms with Crippen LogP contribution in [-0.4, -0.2) is 69.8 Å². The number of hydrogen-bond acceptors (Lipinski definition) is 4. The molecular weight excluding hydrogens is 425 g/mol. The molecule has 7 nitrogen and oxygen atoms in total. The zero-order valence-electron chi connectivity index (χ0n) is 19.7. The molecule has 1 spiro atoms. The highest BCUT2D eigenvalue weighted by Gasteiger charge is 2.50. The fraction of sp³-hybridized carbons (Fsp3) is 0.680. The summed E-state index contributed by atoms with van der Waals surface area (Å²) in [6, 6.07) is 4.95. The third-order valence-corrected chi connectivity index (χ3v) is 7.80. The highest BCUT2D eigenvalue weighted by atomic mass is 19.1. The third-order valence-electron chi connectivity index (χ3n) is 7.80. The van der Waals surface area contributed by atoms with Crippen molar-refractivity contribution in [3.05, 3.63) is 29.6 Å². The first kappa shape index (κ1) is 23.8. The predicted octanol–water partition coefficient (Wildman–Crippen LogP) is 3.84. The van der Waals surface area contributed by atoms with Gasteiger partial charge < -0.3 is 24.9 Å². The number of anilines is 1. The van der Waals surface area contributed by atoms with E-state index in [1.165, 1.54) is 11.0 Å². The van der Waals surface area contributed by atoms with Gasteiger partial charge in [0.25, 0.3) is 0 Å². The Morgan fingerprint density at radius 1 is 1.21 bits per heavy atom. The highest BCUT2D eigenvalue weighted by Crippen LogP contribution is 2.43. The number of carbonyl (C=O) groups excluding carboxylic acids is 1. The van der Waals surface area contributed by atoms with Gasteiger partial charge >= 0.3 is 6.09 Å². The number of benzene rings is 1. The second kappa shape index (κ2) is 9.49. The van der Waals surface area contributed by atoms with E-state index in [0.717, 1.165) is 51.5 Å². The van der Waals surface area contributed by atoms with Gasteiger partial charge in [-0.3, -0.25) is 4.79 Å². The summed E-state index contributed by atoms with van der Waals surface area (Å²) in [6.45, 7) is 5.69. The Bertz CT molecular complexity index is 886. The zero-order valence-corrected chi connectivity index (χ0v) is 19.7. The number of likely N-dealkylation sites (tertiary alicyclic amines) is 1. The molecule has 0 aromatic heterocycles. The van der Waals surface area contributed by atoms with Crippen molar-refractivity contribution >= 4 is 17.7 Å². The van der Waals surface area contributed by atoms with E-state index in [0.29, 0.717) is 24.3 Å². The number of rotatable bonds is 5. The van der Waals surface area contributed by atoms with E-state index in [1.807, 2.05) is 9.80 Å². The predicted molar refractivity (Wildman–Crippen MR) is 124 cm³/mol. The van der Waals surface area contributed by atoms with Crippen molar-refractivity contribution in [2.24, 2.45) is 5.41 Å². The Morgan fingerprint density at radius 2 is 1.94 bits per heavy atom. The van der Waals surface area contributed by atoms with E-state index in [-0.39, 0.29) is 36.5 Å². The lowest BCUT2D eigenvalue weighted by atomic mass is 9.78. The van der Waals surface area contributed by atoms with Crippen molar-refractivity contribution in [1.29, 1.82) is 0 Å². The van der Waals surface area contributed by atoms with Gasteiger partial charge in [0.05, 0.1) is 17.2 Å². The lowest BCUT2D eigenvalue weighted by Gasteiger charge is -2.41. The van der Waals surface area contributed by atoms with Gasteiger partial charge in [-0.2, -0.15) is 0 Å². The van der Waals surface area contributed by atoms with Gasteiger partial charge in [0.2, 0.25) is 5.91 Å². The first-order valence-electron chi connectivity index (χ1n) is 12.2. The number of carboxylic acid groups (broad SMARTS) is 1. The summed E-state index contributed by atoms with van der Waals surface area (Å²) in [5.74, 6) is -0.179. The van der Waals surface area contributed by atoms with Gasteiger partial charge in [0, 0.05) is 38.3 Å². The molecule has 182 valence electrons. The van der Waals surface area contributed by atoms with Crippen LogP contribution in [-0.2, 0) is 11.3 Å². The lowest BCUT2D eigenvalue weighted by molar-refractivity contribution is -0.139. The molecular formula is C25H36FN3O4. The quantitative estimate of drug-likeness (QED) is 0.696. The van der Waals surface area contributed by atoms with Gasteiger partial charge in [0.15, 0.2) is 0 Å². The van der Waals surface area contributed by atoms with E-state index in [2.05, 4.69) is 0 Å². The highest BCUT2D eigenvalue weighted by molar-refractivity contribution is 5.86. The summed E-state index contributed by atoms with van der Waals surface area (Å²) in [6.07, 6.45) is 4.40. The molecule has 3 fully saturated rings. The largest absolute Gasteiger partial charge is 0.465 e. The molecule has 3 aliphatic rings. The molecule has 1 atom stereocenters. The van der Waals surface area contributed by atoms with Gasteiger partial charge in [0.1, 0.15) is 5.82 Å². The van der Waals surface area contributed by atoms with Crippen LogP contribution in [0, 0.1) is 11.2 Å². The monoisotopic (exact) mass is 461 g/mol. The molecule has 1 saturated carbocycles. The lowest BCUT2D eigenvalue weighted by Crippen LogP contribution is -2.50. The van der Waals surface area contributed by atoms with Crippen molar-refractivity contribution in [1.82, 2.24) is 9.80 Å². The fourth-order valence-corrected chi connectivity index (χ4v) is 5.85. The molecule has 2 aliphatic heterocycles. The average Bonchev–Trinajstić information content (AvgIpc) is 3.07. The first-order valence-corrected chi connectivity index (χ1v) is 12.2. The van der Waals surface area contributed by atoms with Crippen molar-refractivity contribution in [3.63, 3.8) is 0 Å². The van der Waals surface area contributed by atoms with Gasteiger partial charge in [-0.05, 0) is 76.5 Å². The SMILES string of the molecule is CC(C)N(Cc1ccc(N2CCC[C@]3(CCN(C4CCC(O)CC4)C3=O)C2)c(F)c1)C(=O)O. The molecule has 2 heterocycles. The molecule has 1 aromatic carbocycles. The van der Waals surface area contributed by atoms with Crippen LogP contribution in [0.2, 0.25) is 0 Å². The van der Waals surface area contributed by atoms with Crippen LogP contribution < -0.4 is 4.90 Å². The third kappa shape index (κ3) is 4.81. The Labute approximate surface area is 195 Å². The Kier molecular flexibility index (Phi) is 6.84. The molecule has 8 heteroatoms. The molecule has 0 unspecified atom stereocenters. The molecule has 33 heavy (non-hydrogen) atoms. The second-order valence-corrected chi connectivity index (χ2v) is 10.3. The van der Waals surface area contributed by atoms with Crippen molar-refractivity contribution in [2.45, 2.75) is 83.5 Å². The van der Waals surface area contributed by atoms with E-state index in [4.69, 9.17) is 0 Å². The molecule has 2 amide bonds. The number of carbonyl (C=O) groups is 2. The van der Waals surface area contributed by atoms with Crippen LogP contribution in [0.4, 0.5) is 14.9 Å². The van der Waals surface area contributed by atoms with Gasteiger partial charge in [-0.1, -0.05) is 6.07 Å². The maximum atomic E-state index is 15.1. The van der Waals surface area contributed by atoms with Crippen LogP contribution in [0.15, 0.2) is 18.2 Å². The molecule has 1 aliphatic carbocycles. The maximum absolute atomic E-state index is 15.1. The van der Waals surface area contributed by atoms with E-state index in [9.17, 15) is 19.8 Å². The Balaban J connectivity index is 1.46. The van der Waals surface area contributed by atoms with Crippen LogP contribution >= 0.6 is 0 Å². The summed E-state index contributed by atoms with van der Waals surface area (Å²) in [7, 11) is 0. The van der Waals surface area contributed by atoms with Crippen LogP contribution in [0.3, 0.4) is 0 Å². The zero-order chi connectivity index (χ0) is 23.8. The van der Waals surface area contributed by atoms with Crippen LogP contribution in [0.25, 0.3) is 0 Å². The fourth-order valence-electron chi connectivity index (χ4n) is 5.85. The van der Waals surface area contributed by atoms with Crippen LogP contribution in [0.5, 0.6) is 0 Å².